The van der Waals surface area contributed by atoms with Gasteiger partial charge in [-0.1, -0.05) is 0 Å². The van der Waals surface area contributed by atoms with Crippen LogP contribution in [0.25, 0.3) is 0 Å². The minimum absolute atomic E-state index is 0.0134. The van der Waals surface area contributed by atoms with Crippen LogP contribution in [-0.2, 0) is 10.9 Å². The van der Waals surface area contributed by atoms with Crippen molar-refractivity contribution in [2.75, 3.05) is 36.4 Å². The van der Waals surface area contributed by atoms with Crippen molar-refractivity contribution in [3.63, 3.8) is 0 Å². The van der Waals surface area contributed by atoms with Gasteiger partial charge >= 0.3 is 12.3 Å². The monoisotopic (exact) mass is 545 g/mol. The third-order valence-corrected chi connectivity index (χ3v) is 6.79. The van der Waals surface area contributed by atoms with E-state index in [2.05, 4.69) is 15.2 Å². The lowest BCUT2D eigenvalue weighted by molar-refractivity contribution is -0.137. The second kappa shape index (κ2) is 11.6. The van der Waals surface area contributed by atoms with Crippen molar-refractivity contribution < 1.29 is 27.4 Å². The number of nitrogens with zero attached hydrogens (tertiary/aromatic N) is 4. The predicted octanol–water partition coefficient (Wildman–Crippen LogP) is 5.83. The minimum atomic E-state index is -4.58. The van der Waals surface area contributed by atoms with Gasteiger partial charge in [-0.15, -0.1) is 0 Å². The molecule has 2 heterocycles. The standard InChI is InChI=1S/C28H34F3N5O3/c1-27(2,3)39-26(37)36-14-12-35(13-15-36)22-10-11-33-25(17-22)38-23-8-6-20(7-9-23)34-21-5-4-19(18-32)24(16-21)28(29,30)31/h4-5,10-11,16-17,20,23,34H,6-9,12-15H2,1-3H3/t20-,23-. The number of rotatable bonds is 5. The van der Waals surface area contributed by atoms with E-state index in [1.807, 2.05) is 32.9 Å². The van der Waals surface area contributed by atoms with Crippen LogP contribution in [-0.4, -0.2) is 59.9 Å². The number of amides is 1. The Kier molecular flexibility index (Phi) is 8.42. The van der Waals surface area contributed by atoms with Crippen LogP contribution in [0.3, 0.4) is 0 Å². The maximum atomic E-state index is 13.3. The van der Waals surface area contributed by atoms with Crippen molar-refractivity contribution in [2.45, 2.75) is 70.4 Å². The van der Waals surface area contributed by atoms with Crippen LogP contribution in [0, 0.1) is 11.3 Å². The van der Waals surface area contributed by atoms with Crippen molar-refractivity contribution in [1.82, 2.24) is 9.88 Å². The van der Waals surface area contributed by atoms with Gasteiger partial charge in [0, 0.05) is 55.9 Å². The number of halogens is 3. The number of nitrogens with one attached hydrogen (secondary N) is 1. The van der Waals surface area contributed by atoms with Crippen LogP contribution in [0.4, 0.5) is 29.3 Å². The maximum Gasteiger partial charge on any atom is 0.417 e. The molecule has 1 saturated carbocycles. The molecule has 1 aromatic carbocycles. The summed E-state index contributed by atoms with van der Waals surface area (Å²) in [6.07, 6.45) is -0.270. The third kappa shape index (κ3) is 7.68. The molecule has 8 nitrogen and oxygen atoms in total. The Labute approximate surface area is 226 Å². The summed E-state index contributed by atoms with van der Waals surface area (Å²) in [5, 5.41) is 12.2. The molecule has 39 heavy (non-hydrogen) atoms. The molecule has 0 unspecified atom stereocenters. The van der Waals surface area contributed by atoms with E-state index in [9.17, 15) is 18.0 Å². The highest BCUT2D eigenvalue weighted by atomic mass is 19.4. The number of alkyl halides is 3. The highest BCUT2D eigenvalue weighted by Gasteiger charge is 2.34. The van der Waals surface area contributed by atoms with Gasteiger partial charge in [0.2, 0.25) is 5.88 Å². The number of ether oxygens (including phenoxy) is 2. The Hall–Kier alpha value is -3.68. The number of piperazine rings is 1. The van der Waals surface area contributed by atoms with Crippen LogP contribution in [0.5, 0.6) is 5.88 Å². The van der Waals surface area contributed by atoms with E-state index in [1.165, 1.54) is 12.1 Å². The zero-order valence-electron chi connectivity index (χ0n) is 22.4. The van der Waals surface area contributed by atoms with Crippen LogP contribution in [0.2, 0.25) is 0 Å². The highest BCUT2D eigenvalue weighted by Crippen LogP contribution is 2.34. The van der Waals surface area contributed by atoms with Crippen molar-refractivity contribution in [1.29, 1.82) is 5.26 Å². The van der Waals surface area contributed by atoms with Gasteiger partial charge < -0.3 is 24.6 Å². The number of hydrogen-bond acceptors (Lipinski definition) is 7. The molecule has 0 bridgehead atoms. The Balaban J connectivity index is 1.27. The first kappa shape index (κ1) is 28.3. The molecule has 1 aliphatic heterocycles. The molecule has 210 valence electrons. The van der Waals surface area contributed by atoms with Gasteiger partial charge in [0.15, 0.2) is 0 Å². The molecule has 1 N–H and O–H groups in total. The zero-order chi connectivity index (χ0) is 28.2. The quantitative estimate of drug-likeness (QED) is 0.505. The fourth-order valence-corrected chi connectivity index (χ4v) is 4.83. The van der Waals surface area contributed by atoms with E-state index < -0.39 is 17.3 Å². The molecule has 2 aliphatic rings. The van der Waals surface area contributed by atoms with Crippen LogP contribution in [0.15, 0.2) is 36.5 Å². The summed E-state index contributed by atoms with van der Waals surface area (Å²) in [5.41, 5.74) is -0.512. The second-order valence-electron chi connectivity index (χ2n) is 10.9. The third-order valence-electron chi connectivity index (χ3n) is 6.79. The molecule has 0 atom stereocenters. The number of pyridine rings is 1. The van der Waals surface area contributed by atoms with Crippen LogP contribution in [0.1, 0.15) is 57.6 Å². The Morgan fingerprint density at radius 3 is 2.36 bits per heavy atom. The first-order valence-corrected chi connectivity index (χ1v) is 13.1. The molecule has 1 aliphatic carbocycles. The predicted molar refractivity (Wildman–Crippen MR) is 141 cm³/mol. The zero-order valence-corrected chi connectivity index (χ0v) is 22.4. The van der Waals surface area contributed by atoms with Gasteiger partial charge in [-0.2, -0.15) is 18.4 Å². The molecular formula is C28H34F3N5O3. The number of carbonyl (C=O) groups excluding carboxylic acids is 1. The normalized spacial score (nSPS) is 20.2. The average molecular weight is 546 g/mol. The summed E-state index contributed by atoms with van der Waals surface area (Å²) >= 11 is 0. The minimum Gasteiger partial charge on any atom is -0.474 e. The SMILES string of the molecule is CC(C)(C)OC(=O)N1CCN(c2ccnc(O[C@H]3CC[C@H](Nc4ccc(C#N)c(C(F)(F)F)c4)CC3)c2)CC1. The van der Waals surface area contributed by atoms with E-state index in [1.54, 1.807) is 17.2 Å². The fourth-order valence-electron chi connectivity index (χ4n) is 4.83. The Bertz CT molecular complexity index is 1190. The first-order valence-electron chi connectivity index (χ1n) is 13.1. The van der Waals surface area contributed by atoms with Gasteiger partial charge in [-0.25, -0.2) is 9.78 Å². The second-order valence-corrected chi connectivity index (χ2v) is 10.9. The number of nitriles is 1. The summed E-state index contributed by atoms with van der Waals surface area (Å²) in [7, 11) is 0. The molecule has 11 heteroatoms. The molecule has 4 rings (SSSR count). The molecule has 2 aromatic rings. The molecule has 1 amide bonds. The fraction of sp³-hybridized carbons (Fsp3) is 0.536. The lowest BCUT2D eigenvalue weighted by atomic mass is 9.92. The topological polar surface area (TPSA) is 90.7 Å². The van der Waals surface area contributed by atoms with E-state index in [4.69, 9.17) is 14.7 Å². The lowest BCUT2D eigenvalue weighted by Gasteiger charge is -2.36. The number of anilines is 2. The van der Waals surface area contributed by atoms with Gasteiger partial charge in [0.25, 0.3) is 0 Å². The Morgan fingerprint density at radius 1 is 1.05 bits per heavy atom. The largest absolute Gasteiger partial charge is 0.474 e. The number of hydrogen-bond donors (Lipinski definition) is 1. The number of carbonyl (C=O) groups is 1. The van der Waals surface area contributed by atoms with Crippen molar-refractivity contribution in [3.05, 3.63) is 47.7 Å². The van der Waals surface area contributed by atoms with Gasteiger partial charge in [-0.3, -0.25) is 0 Å². The molecule has 2 fully saturated rings. The van der Waals surface area contributed by atoms with E-state index >= 15 is 0 Å². The summed E-state index contributed by atoms with van der Waals surface area (Å²) in [6.45, 7) is 8.03. The van der Waals surface area contributed by atoms with E-state index in [0.29, 0.717) is 37.7 Å². The Morgan fingerprint density at radius 2 is 1.74 bits per heavy atom. The summed E-state index contributed by atoms with van der Waals surface area (Å²) in [5.74, 6) is 0.528. The summed E-state index contributed by atoms with van der Waals surface area (Å²) in [4.78, 5) is 20.6. The first-order chi connectivity index (χ1) is 18.4. The molecule has 1 saturated heterocycles. The molecule has 1 aromatic heterocycles. The van der Waals surface area contributed by atoms with E-state index in [-0.39, 0.29) is 23.8 Å². The summed E-state index contributed by atoms with van der Waals surface area (Å²) in [6, 6.07) is 9.17. The number of aromatic nitrogens is 1. The molecule has 0 spiro atoms. The highest BCUT2D eigenvalue weighted by molar-refractivity contribution is 5.68. The maximum absolute atomic E-state index is 13.3. The smallest absolute Gasteiger partial charge is 0.417 e. The van der Waals surface area contributed by atoms with Crippen molar-refractivity contribution in [2.24, 2.45) is 0 Å². The van der Waals surface area contributed by atoms with Crippen LogP contribution < -0.4 is 15.0 Å². The lowest BCUT2D eigenvalue weighted by Crippen LogP contribution is -2.50. The van der Waals surface area contributed by atoms with Gasteiger partial charge in [-0.05, 0) is 70.7 Å². The van der Waals surface area contributed by atoms with Crippen molar-refractivity contribution in [3.8, 4) is 11.9 Å². The van der Waals surface area contributed by atoms with Gasteiger partial charge in [0.1, 0.15) is 11.7 Å². The van der Waals surface area contributed by atoms with E-state index in [0.717, 1.165) is 37.4 Å². The van der Waals surface area contributed by atoms with Crippen LogP contribution >= 0.6 is 0 Å². The molecule has 0 radical (unpaired) electrons. The van der Waals surface area contributed by atoms with Gasteiger partial charge in [0.05, 0.1) is 17.2 Å². The molecular weight excluding hydrogens is 511 g/mol. The number of benzene rings is 1. The average Bonchev–Trinajstić information content (AvgIpc) is 2.88. The van der Waals surface area contributed by atoms with Crippen molar-refractivity contribution >= 4 is 17.5 Å². The summed E-state index contributed by atoms with van der Waals surface area (Å²) < 4.78 is 51.5.